The minimum Gasteiger partial charge on any atom is -0.275 e. The molecule has 2 aromatic rings. The first-order valence-corrected chi connectivity index (χ1v) is 7.12. The van der Waals surface area contributed by atoms with E-state index in [1.165, 1.54) is 18.3 Å². The molecule has 0 aromatic heterocycles. The highest BCUT2D eigenvalue weighted by atomic mass is 35.5. The number of benzene rings is 2. The summed E-state index contributed by atoms with van der Waals surface area (Å²) in [6.45, 7) is 0. The van der Waals surface area contributed by atoms with E-state index >= 15 is 0 Å². The molecule has 0 aliphatic carbocycles. The number of halogens is 7. The van der Waals surface area contributed by atoms with Crippen molar-refractivity contribution in [2.75, 3.05) is 5.43 Å². The Labute approximate surface area is 143 Å². The van der Waals surface area contributed by atoms with Crippen LogP contribution in [0.4, 0.5) is 23.2 Å². The van der Waals surface area contributed by atoms with Crippen molar-refractivity contribution in [1.82, 2.24) is 0 Å². The minimum absolute atomic E-state index is 0.0193. The quantitative estimate of drug-likeness (QED) is 0.377. The van der Waals surface area contributed by atoms with E-state index in [4.69, 9.17) is 34.8 Å². The van der Waals surface area contributed by atoms with Crippen molar-refractivity contribution in [2.45, 2.75) is 6.18 Å². The first-order valence-electron chi connectivity index (χ1n) is 5.99. The third-order valence-electron chi connectivity index (χ3n) is 2.70. The molecule has 0 bridgehead atoms. The summed E-state index contributed by atoms with van der Waals surface area (Å²) < 4.78 is 50.8. The van der Waals surface area contributed by atoms with Crippen LogP contribution in [0.3, 0.4) is 0 Å². The second kappa shape index (κ2) is 6.95. The van der Waals surface area contributed by atoms with Gasteiger partial charge < -0.3 is 0 Å². The van der Waals surface area contributed by atoms with E-state index in [9.17, 15) is 17.6 Å². The molecular weight excluding hydrogens is 379 g/mol. The second-order valence-electron chi connectivity index (χ2n) is 4.36. The number of alkyl halides is 3. The Kier molecular flexibility index (Phi) is 5.39. The van der Waals surface area contributed by atoms with Crippen molar-refractivity contribution in [1.29, 1.82) is 0 Å². The van der Waals surface area contributed by atoms with Gasteiger partial charge in [0.1, 0.15) is 5.82 Å². The standard InChI is InChI=1S/C14H7Cl3F4N2/c15-9-3-7(1-2-12(9)18)6-22-23-13-10(16)4-8(5-11(13)17)14(19,20)21/h1-6,23H/b22-6+. The van der Waals surface area contributed by atoms with Crippen molar-refractivity contribution in [3.05, 3.63) is 62.3 Å². The highest BCUT2D eigenvalue weighted by Crippen LogP contribution is 2.38. The van der Waals surface area contributed by atoms with E-state index < -0.39 is 17.6 Å². The Bertz CT molecular complexity index is 737. The van der Waals surface area contributed by atoms with Gasteiger partial charge in [-0.05, 0) is 29.8 Å². The lowest BCUT2D eigenvalue weighted by molar-refractivity contribution is -0.137. The first-order chi connectivity index (χ1) is 10.7. The largest absolute Gasteiger partial charge is 0.416 e. The number of hydrogen-bond acceptors (Lipinski definition) is 2. The smallest absolute Gasteiger partial charge is 0.275 e. The zero-order valence-electron chi connectivity index (χ0n) is 11.1. The van der Waals surface area contributed by atoms with E-state index in [1.54, 1.807) is 0 Å². The fourth-order valence-electron chi connectivity index (χ4n) is 1.61. The summed E-state index contributed by atoms with van der Waals surface area (Å²) in [4.78, 5) is 0. The maximum atomic E-state index is 13.0. The van der Waals surface area contributed by atoms with Crippen LogP contribution in [0.2, 0.25) is 15.1 Å². The zero-order chi connectivity index (χ0) is 17.2. The molecule has 0 atom stereocenters. The second-order valence-corrected chi connectivity index (χ2v) is 5.58. The monoisotopic (exact) mass is 384 g/mol. The van der Waals surface area contributed by atoms with E-state index in [1.807, 2.05) is 0 Å². The minimum atomic E-state index is -4.56. The van der Waals surface area contributed by atoms with Gasteiger partial charge in [-0.3, -0.25) is 5.43 Å². The number of hydrogen-bond donors (Lipinski definition) is 1. The number of hydrazone groups is 1. The Morgan fingerprint density at radius 1 is 0.957 bits per heavy atom. The molecule has 0 heterocycles. The van der Waals surface area contributed by atoms with Crippen LogP contribution in [0, 0.1) is 5.82 Å². The van der Waals surface area contributed by atoms with Crippen molar-refractivity contribution >= 4 is 46.7 Å². The van der Waals surface area contributed by atoms with E-state index in [2.05, 4.69) is 10.5 Å². The molecule has 2 nitrogen and oxygen atoms in total. The van der Waals surface area contributed by atoms with Gasteiger partial charge in [0, 0.05) is 0 Å². The molecular formula is C14H7Cl3F4N2. The summed E-state index contributed by atoms with van der Waals surface area (Å²) in [7, 11) is 0. The van der Waals surface area contributed by atoms with Crippen LogP contribution >= 0.6 is 34.8 Å². The van der Waals surface area contributed by atoms with Crippen LogP contribution in [0.5, 0.6) is 0 Å². The van der Waals surface area contributed by atoms with E-state index in [0.717, 1.165) is 18.2 Å². The van der Waals surface area contributed by atoms with E-state index in [-0.39, 0.29) is 20.8 Å². The summed E-state index contributed by atoms with van der Waals surface area (Å²) in [6, 6.07) is 5.38. The highest BCUT2D eigenvalue weighted by Gasteiger charge is 2.32. The number of nitrogens with zero attached hydrogens (tertiary/aromatic N) is 1. The van der Waals surface area contributed by atoms with Crippen LogP contribution in [0.15, 0.2) is 35.4 Å². The van der Waals surface area contributed by atoms with Crippen molar-refractivity contribution < 1.29 is 17.6 Å². The summed E-state index contributed by atoms with van der Waals surface area (Å²) in [5, 5.41) is 3.23. The molecule has 122 valence electrons. The number of anilines is 1. The lowest BCUT2D eigenvalue weighted by Crippen LogP contribution is -2.05. The molecule has 2 aromatic carbocycles. The summed E-state index contributed by atoms with van der Waals surface area (Å²) in [5.41, 5.74) is 1.97. The van der Waals surface area contributed by atoms with Crippen LogP contribution < -0.4 is 5.43 Å². The molecule has 0 saturated heterocycles. The third kappa shape index (κ3) is 4.50. The molecule has 0 aliphatic rings. The van der Waals surface area contributed by atoms with Crippen LogP contribution in [0.25, 0.3) is 0 Å². The lowest BCUT2D eigenvalue weighted by atomic mass is 10.2. The van der Waals surface area contributed by atoms with Gasteiger partial charge in [-0.15, -0.1) is 0 Å². The highest BCUT2D eigenvalue weighted by molar-refractivity contribution is 6.39. The molecule has 2 rings (SSSR count). The molecule has 0 fully saturated rings. The van der Waals surface area contributed by atoms with Crippen LogP contribution in [-0.4, -0.2) is 6.21 Å². The normalized spacial score (nSPS) is 12.0. The van der Waals surface area contributed by atoms with Gasteiger partial charge >= 0.3 is 6.18 Å². The van der Waals surface area contributed by atoms with Crippen molar-refractivity contribution in [2.24, 2.45) is 5.10 Å². The zero-order valence-corrected chi connectivity index (χ0v) is 13.3. The van der Waals surface area contributed by atoms with Gasteiger partial charge in [0.15, 0.2) is 0 Å². The topological polar surface area (TPSA) is 24.4 Å². The molecule has 0 spiro atoms. The summed E-state index contributed by atoms with van der Waals surface area (Å²) >= 11 is 17.2. The SMILES string of the molecule is Fc1ccc(/C=N/Nc2c(Cl)cc(C(F)(F)F)cc2Cl)cc1Cl. The van der Waals surface area contributed by atoms with Crippen LogP contribution in [-0.2, 0) is 6.18 Å². The van der Waals surface area contributed by atoms with E-state index in [0.29, 0.717) is 5.56 Å². The van der Waals surface area contributed by atoms with Gasteiger partial charge in [0.2, 0.25) is 0 Å². The Morgan fingerprint density at radius 2 is 1.57 bits per heavy atom. The first kappa shape index (κ1) is 17.8. The van der Waals surface area contributed by atoms with Gasteiger partial charge in [-0.2, -0.15) is 18.3 Å². The molecule has 0 radical (unpaired) electrons. The summed E-state index contributed by atoms with van der Waals surface area (Å²) in [6.07, 6.45) is -3.27. The van der Waals surface area contributed by atoms with Gasteiger partial charge in [-0.25, -0.2) is 4.39 Å². The predicted molar refractivity (Wildman–Crippen MR) is 84.1 cm³/mol. The predicted octanol–water partition coefficient (Wildman–Crippen LogP) is 6.25. The summed E-state index contributed by atoms with van der Waals surface area (Å²) in [5.74, 6) is -0.578. The van der Waals surface area contributed by atoms with Gasteiger partial charge in [0.25, 0.3) is 0 Å². The molecule has 1 N–H and O–H groups in total. The Hall–Kier alpha value is -1.50. The molecule has 0 saturated carbocycles. The fourth-order valence-corrected chi connectivity index (χ4v) is 2.37. The maximum Gasteiger partial charge on any atom is 0.416 e. The van der Waals surface area contributed by atoms with Crippen molar-refractivity contribution in [3.8, 4) is 0 Å². The Morgan fingerprint density at radius 3 is 2.09 bits per heavy atom. The fraction of sp³-hybridized carbons (Fsp3) is 0.0714. The van der Waals surface area contributed by atoms with Gasteiger partial charge in [0.05, 0.1) is 32.5 Å². The molecule has 23 heavy (non-hydrogen) atoms. The number of nitrogens with one attached hydrogen (secondary N) is 1. The van der Waals surface area contributed by atoms with Crippen LogP contribution in [0.1, 0.15) is 11.1 Å². The third-order valence-corrected chi connectivity index (χ3v) is 3.59. The Balaban J connectivity index is 2.20. The lowest BCUT2D eigenvalue weighted by Gasteiger charge is -2.11. The molecule has 0 amide bonds. The molecule has 9 heteroatoms. The molecule has 0 aliphatic heterocycles. The van der Waals surface area contributed by atoms with Gasteiger partial charge in [-0.1, -0.05) is 40.9 Å². The van der Waals surface area contributed by atoms with Crippen molar-refractivity contribution in [3.63, 3.8) is 0 Å². The average Bonchev–Trinajstić information content (AvgIpc) is 2.44. The maximum absolute atomic E-state index is 13.0. The number of rotatable bonds is 3. The average molecular weight is 386 g/mol. The molecule has 0 unspecified atom stereocenters.